The third-order valence-corrected chi connectivity index (χ3v) is 5.07. The summed E-state index contributed by atoms with van der Waals surface area (Å²) in [4.78, 5) is 16.8. The predicted octanol–water partition coefficient (Wildman–Crippen LogP) is 4.05. The van der Waals surface area contributed by atoms with Crippen molar-refractivity contribution in [3.63, 3.8) is 0 Å². The lowest BCUT2D eigenvalue weighted by Crippen LogP contribution is -2.07. The van der Waals surface area contributed by atoms with Gasteiger partial charge < -0.3 is 9.84 Å². The summed E-state index contributed by atoms with van der Waals surface area (Å²) in [6, 6.07) is 7.21. The summed E-state index contributed by atoms with van der Waals surface area (Å²) >= 11 is 1.29. The average Bonchev–Trinajstić information content (AvgIpc) is 3.15. The highest BCUT2D eigenvalue weighted by atomic mass is 32.2. The number of nitrogens with zero attached hydrogens (tertiary/aromatic N) is 2. The maximum Gasteiger partial charge on any atom is 0.358 e. The number of hydrogen-bond acceptors (Lipinski definition) is 6. The maximum atomic E-state index is 13.1. The van der Waals surface area contributed by atoms with Gasteiger partial charge in [0.15, 0.2) is 18.0 Å². The zero-order valence-corrected chi connectivity index (χ0v) is 14.7. The second-order valence-electron chi connectivity index (χ2n) is 5.08. The molecule has 3 rings (SSSR count). The normalized spacial score (nSPS) is 12.5. The van der Waals surface area contributed by atoms with Gasteiger partial charge in [-0.25, -0.2) is 9.78 Å². The molecule has 0 bridgehead atoms. The van der Waals surface area contributed by atoms with Gasteiger partial charge >= 0.3 is 5.97 Å². The van der Waals surface area contributed by atoms with Crippen molar-refractivity contribution in [3.8, 4) is 0 Å². The first-order valence-electron chi connectivity index (χ1n) is 7.28. The van der Waals surface area contributed by atoms with Crippen molar-refractivity contribution < 1.29 is 18.5 Å². The Hall–Kier alpha value is -1.90. The molecule has 1 atom stereocenters. The SMILES string of the molecule is CCOC(=O)c1nc(C(O)c2cn(SF)c3ccccc23)sc1C. The largest absolute Gasteiger partial charge is 0.461 e. The second kappa shape index (κ2) is 6.92. The van der Waals surface area contributed by atoms with Gasteiger partial charge in [0.2, 0.25) is 0 Å². The minimum Gasteiger partial charge on any atom is -0.461 e. The molecule has 126 valence electrons. The van der Waals surface area contributed by atoms with E-state index in [4.69, 9.17) is 4.74 Å². The van der Waals surface area contributed by atoms with E-state index >= 15 is 0 Å². The second-order valence-corrected chi connectivity index (χ2v) is 6.84. The first-order chi connectivity index (χ1) is 11.6. The molecular weight excluding hydrogens is 351 g/mol. The topological polar surface area (TPSA) is 64.3 Å². The molecule has 0 radical (unpaired) electrons. The molecule has 0 fully saturated rings. The number of benzene rings is 1. The lowest BCUT2D eigenvalue weighted by Gasteiger charge is -2.05. The van der Waals surface area contributed by atoms with Crippen molar-refractivity contribution in [2.45, 2.75) is 20.0 Å². The van der Waals surface area contributed by atoms with Crippen LogP contribution in [0.2, 0.25) is 0 Å². The van der Waals surface area contributed by atoms with E-state index < -0.39 is 12.1 Å². The first kappa shape index (κ1) is 16.9. The number of esters is 1. The number of carbonyl (C=O) groups excluding carboxylic acids is 1. The molecule has 24 heavy (non-hydrogen) atoms. The highest BCUT2D eigenvalue weighted by molar-refractivity contribution is 7.92. The summed E-state index contributed by atoms with van der Waals surface area (Å²) in [7, 11) is 0. The summed E-state index contributed by atoms with van der Waals surface area (Å²) in [5.41, 5.74) is 1.41. The van der Waals surface area contributed by atoms with E-state index in [0.29, 0.717) is 21.0 Å². The first-order valence-corrected chi connectivity index (χ1v) is 8.77. The highest BCUT2D eigenvalue weighted by Gasteiger charge is 2.24. The van der Waals surface area contributed by atoms with Crippen LogP contribution in [0.15, 0.2) is 30.5 Å². The van der Waals surface area contributed by atoms with Crippen LogP contribution in [0.3, 0.4) is 0 Å². The number of aliphatic hydroxyl groups excluding tert-OH is 1. The molecule has 0 saturated heterocycles. The lowest BCUT2D eigenvalue weighted by molar-refractivity contribution is 0.0519. The molecule has 0 saturated carbocycles. The van der Waals surface area contributed by atoms with Crippen LogP contribution in [0.4, 0.5) is 3.89 Å². The number of thiazole rings is 1. The van der Waals surface area contributed by atoms with Gasteiger partial charge in [-0.1, -0.05) is 18.2 Å². The van der Waals surface area contributed by atoms with Gasteiger partial charge in [0.05, 0.1) is 12.1 Å². The van der Waals surface area contributed by atoms with Crippen LogP contribution in [-0.2, 0) is 4.74 Å². The summed E-state index contributed by atoms with van der Waals surface area (Å²) in [6.07, 6.45) is 0.496. The van der Waals surface area contributed by atoms with Crippen molar-refractivity contribution in [3.05, 3.63) is 51.6 Å². The van der Waals surface area contributed by atoms with E-state index in [0.717, 1.165) is 5.39 Å². The molecule has 2 aromatic heterocycles. The van der Waals surface area contributed by atoms with Crippen molar-refractivity contribution in [1.29, 1.82) is 0 Å². The van der Waals surface area contributed by atoms with Gasteiger partial charge in [-0.15, -0.1) is 15.2 Å². The molecule has 0 aliphatic carbocycles. The average molecular weight is 366 g/mol. The van der Waals surface area contributed by atoms with E-state index in [2.05, 4.69) is 4.98 Å². The lowest BCUT2D eigenvalue weighted by atomic mass is 10.1. The van der Waals surface area contributed by atoms with Gasteiger partial charge in [-0.2, -0.15) is 0 Å². The Bertz CT molecular complexity index is 891. The Kier molecular flexibility index (Phi) is 4.88. The molecule has 5 nitrogen and oxygen atoms in total. The van der Waals surface area contributed by atoms with E-state index in [1.165, 1.54) is 15.3 Å². The summed E-state index contributed by atoms with van der Waals surface area (Å²) < 4.78 is 19.4. The number of ether oxygens (including phenoxy) is 1. The molecule has 0 spiro atoms. The fourth-order valence-corrected chi connectivity index (χ4v) is 3.81. The number of halogens is 1. The van der Waals surface area contributed by atoms with Gasteiger partial charge in [0.25, 0.3) is 0 Å². The molecule has 1 unspecified atom stereocenters. The number of rotatable bonds is 5. The van der Waals surface area contributed by atoms with Crippen LogP contribution in [0.25, 0.3) is 10.9 Å². The van der Waals surface area contributed by atoms with Crippen LogP contribution in [-0.4, -0.2) is 26.6 Å². The van der Waals surface area contributed by atoms with E-state index in [1.54, 1.807) is 32.2 Å². The number of aromatic nitrogens is 2. The van der Waals surface area contributed by atoms with E-state index in [9.17, 15) is 13.8 Å². The number of fused-ring (bicyclic) bond motifs is 1. The molecular formula is C16H15FN2O3S2. The van der Waals surface area contributed by atoms with E-state index in [1.807, 2.05) is 12.1 Å². The summed E-state index contributed by atoms with van der Waals surface area (Å²) in [5.74, 6) is -0.508. The van der Waals surface area contributed by atoms with Crippen molar-refractivity contribution in [2.24, 2.45) is 0 Å². The Labute approximate surface area is 146 Å². The van der Waals surface area contributed by atoms with Crippen LogP contribution < -0.4 is 0 Å². The molecule has 0 aliphatic rings. The highest BCUT2D eigenvalue weighted by Crippen LogP contribution is 2.35. The molecule has 3 aromatic rings. The third-order valence-electron chi connectivity index (χ3n) is 3.59. The smallest absolute Gasteiger partial charge is 0.358 e. The van der Waals surface area contributed by atoms with Gasteiger partial charge in [-0.3, -0.25) is 3.97 Å². The minimum absolute atomic E-state index is 0.0660. The summed E-state index contributed by atoms with van der Waals surface area (Å²) in [5, 5.41) is 11.8. The fraction of sp³-hybridized carbons (Fsp3) is 0.250. The number of carbonyl (C=O) groups is 1. The molecule has 0 amide bonds. The molecule has 1 aromatic carbocycles. The Morgan fingerprint density at radius 1 is 1.50 bits per heavy atom. The number of aliphatic hydroxyl groups is 1. The quantitative estimate of drug-likeness (QED) is 0.690. The maximum absolute atomic E-state index is 13.1. The van der Waals surface area contributed by atoms with Crippen LogP contribution in [0.5, 0.6) is 0 Å². The Morgan fingerprint density at radius 2 is 2.25 bits per heavy atom. The molecule has 0 aliphatic heterocycles. The van der Waals surface area contributed by atoms with Crippen molar-refractivity contribution in [2.75, 3.05) is 6.61 Å². The zero-order chi connectivity index (χ0) is 17.3. The van der Waals surface area contributed by atoms with Crippen molar-refractivity contribution >= 4 is 40.5 Å². The fourth-order valence-electron chi connectivity index (χ4n) is 2.51. The standard InChI is InChI=1S/C16H15FN2O3S2/c1-3-22-16(21)13-9(2)23-15(18-13)14(20)11-8-19(24-17)12-7-5-4-6-10(11)12/h4-8,14,20H,3H2,1-2H3. The Balaban J connectivity index is 2.02. The van der Waals surface area contributed by atoms with Crippen molar-refractivity contribution in [1.82, 2.24) is 8.96 Å². The number of hydrogen-bond donors (Lipinski definition) is 1. The Morgan fingerprint density at radius 3 is 2.96 bits per heavy atom. The zero-order valence-electron chi connectivity index (χ0n) is 13.0. The monoisotopic (exact) mass is 366 g/mol. The molecule has 2 heterocycles. The number of para-hydroxylation sites is 1. The predicted molar refractivity (Wildman–Crippen MR) is 92.9 cm³/mol. The van der Waals surface area contributed by atoms with Crippen LogP contribution >= 0.6 is 23.7 Å². The van der Waals surface area contributed by atoms with E-state index in [-0.39, 0.29) is 24.6 Å². The van der Waals surface area contributed by atoms with Gasteiger partial charge in [0, 0.05) is 22.0 Å². The van der Waals surface area contributed by atoms with Gasteiger partial charge in [0.1, 0.15) is 11.1 Å². The van der Waals surface area contributed by atoms with Gasteiger partial charge in [-0.05, 0) is 19.9 Å². The number of aryl methyl sites for hydroxylation is 1. The summed E-state index contributed by atoms with van der Waals surface area (Å²) in [6.45, 7) is 3.73. The third kappa shape index (κ3) is 2.92. The van der Waals surface area contributed by atoms with Crippen LogP contribution in [0, 0.1) is 6.92 Å². The molecule has 1 N–H and O–H groups in total. The molecule has 8 heteroatoms. The minimum atomic E-state index is -1.05. The van der Waals surface area contributed by atoms with Crippen LogP contribution in [0.1, 0.15) is 39.0 Å².